The molecule has 15 heavy (non-hydrogen) atoms. The molecule has 0 bridgehead atoms. The van der Waals surface area contributed by atoms with E-state index in [9.17, 15) is 8.78 Å². The Morgan fingerprint density at radius 1 is 1.27 bits per heavy atom. The van der Waals surface area contributed by atoms with Crippen molar-refractivity contribution in [3.05, 3.63) is 35.4 Å². The Morgan fingerprint density at radius 3 is 2.27 bits per heavy atom. The van der Waals surface area contributed by atoms with Crippen LogP contribution in [-0.4, -0.2) is 6.04 Å². The van der Waals surface area contributed by atoms with E-state index in [1.165, 1.54) is 12.1 Å². The minimum absolute atomic E-state index is 0.00120. The molecular formula is C12H15F2N. The molecule has 0 amide bonds. The third-order valence-corrected chi connectivity index (χ3v) is 3.31. The highest BCUT2D eigenvalue weighted by Crippen LogP contribution is 2.48. The van der Waals surface area contributed by atoms with Crippen molar-refractivity contribution in [2.24, 2.45) is 11.1 Å². The molecule has 82 valence electrons. The van der Waals surface area contributed by atoms with E-state index in [2.05, 4.69) is 6.92 Å². The summed E-state index contributed by atoms with van der Waals surface area (Å²) in [4.78, 5) is 0. The van der Waals surface area contributed by atoms with E-state index in [0.717, 1.165) is 18.9 Å². The van der Waals surface area contributed by atoms with Crippen LogP contribution in [0.25, 0.3) is 0 Å². The zero-order valence-corrected chi connectivity index (χ0v) is 8.76. The maximum Gasteiger partial charge on any atom is 0.126 e. The Labute approximate surface area is 88.3 Å². The molecule has 2 rings (SSSR count). The van der Waals surface area contributed by atoms with Gasteiger partial charge in [-0.15, -0.1) is 0 Å². The van der Waals surface area contributed by atoms with Gasteiger partial charge in [0.1, 0.15) is 11.6 Å². The molecule has 1 aromatic rings. The Bertz CT molecular complexity index is 352. The largest absolute Gasteiger partial charge is 0.327 e. The molecule has 1 aromatic carbocycles. The van der Waals surface area contributed by atoms with Crippen LogP contribution in [0.2, 0.25) is 0 Å². The molecule has 2 N–H and O–H groups in total. The van der Waals surface area contributed by atoms with E-state index in [0.29, 0.717) is 12.0 Å². The summed E-state index contributed by atoms with van der Waals surface area (Å²) in [5.74, 6) is -1.06. The smallest absolute Gasteiger partial charge is 0.126 e. The molecule has 0 heterocycles. The van der Waals surface area contributed by atoms with E-state index >= 15 is 0 Å². The molecule has 1 nitrogen and oxygen atoms in total. The van der Waals surface area contributed by atoms with Crippen molar-refractivity contribution in [3.8, 4) is 0 Å². The first-order valence-electron chi connectivity index (χ1n) is 5.20. The zero-order chi connectivity index (χ0) is 11.1. The van der Waals surface area contributed by atoms with Crippen molar-refractivity contribution in [2.75, 3.05) is 0 Å². The Balaban J connectivity index is 2.10. The number of halogens is 2. The summed E-state index contributed by atoms with van der Waals surface area (Å²) < 4.78 is 25.8. The molecule has 0 aromatic heterocycles. The topological polar surface area (TPSA) is 26.0 Å². The third-order valence-electron chi connectivity index (χ3n) is 3.31. The quantitative estimate of drug-likeness (QED) is 0.817. The second-order valence-corrected chi connectivity index (χ2v) is 4.74. The van der Waals surface area contributed by atoms with Gasteiger partial charge in [0.2, 0.25) is 0 Å². The molecular weight excluding hydrogens is 196 g/mol. The first-order chi connectivity index (χ1) is 6.99. The lowest BCUT2D eigenvalue weighted by Crippen LogP contribution is -2.31. The van der Waals surface area contributed by atoms with Gasteiger partial charge in [-0.25, -0.2) is 8.78 Å². The van der Waals surface area contributed by atoms with Crippen molar-refractivity contribution < 1.29 is 8.78 Å². The standard InChI is InChI=1S/C12H15F2N/c1-12(2-3-12)11(15)6-8-4-9(13)7-10(14)5-8/h4-5,7,11H,2-3,6,15H2,1H3. The fraction of sp³-hybridized carbons (Fsp3) is 0.500. The molecule has 0 spiro atoms. The molecule has 1 aliphatic rings. The van der Waals surface area contributed by atoms with Crippen LogP contribution in [0.3, 0.4) is 0 Å². The summed E-state index contributed by atoms with van der Waals surface area (Å²) >= 11 is 0. The maximum atomic E-state index is 12.9. The lowest BCUT2D eigenvalue weighted by Gasteiger charge is -2.18. The first-order valence-corrected chi connectivity index (χ1v) is 5.20. The number of hydrogen-bond donors (Lipinski definition) is 1. The average Bonchev–Trinajstić information content (AvgIpc) is 2.83. The van der Waals surface area contributed by atoms with Crippen LogP contribution >= 0.6 is 0 Å². The minimum Gasteiger partial charge on any atom is -0.327 e. The summed E-state index contributed by atoms with van der Waals surface area (Å²) in [6.45, 7) is 2.12. The monoisotopic (exact) mass is 211 g/mol. The van der Waals surface area contributed by atoms with Crippen LogP contribution < -0.4 is 5.73 Å². The summed E-state index contributed by atoms with van der Waals surface area (Å²) in [6.07, 6.45) is 2.78. The Morgan fingerprint density at radius 2 is 1.80 bits per heavy atom. The molecule has 1 saturated carbocycles. The molecule has 0 saturated heterocycles. The normalized spacial score (nSPS) is 20.0. The van der Waals surface area contributed by atoms with Crippen LogP contribution in [0.15, 0.2) is 18.2 Å². The first kappa shape index (κ1) is 10.6. The van der Waals surface area contributed by atoms with Crippen molar-refractivity contribution >= 4 is 0 Å². The molecule has 1 unspecified atom stereocenters. The van der Waals surface area contributed by atoms with E-state index < -0.39 is 11.6 Å². The third kappa shape index (κ3) is 2.34. The van der Waals surface area contributed by atoms with Gasteiger partial charge in [0, 0.05) is 12.1 Å². The summed E-state index contributed by atoms with van der Waals surface area (Å²) in [6, 6.07) is 3.59. The minimum atomic E-state index is -0.529. The molecule has 1 aliphatic carbocycles. The summed E-state index contributed by atoms with van der Waals surface area (Å²) in [5.41, 5.74) is 6.83. The summed E-state index contributed by atoms with van der Waals surface area (Å²) in [7, 11) is 0. The predicted molar refractivity (Wildman–Crippen MR) is 55.4 cm³/mol. The SMILES string of the molecule is CC1(C(N)Cc2cc(F)cc(F)c2)CC1. The van der Waals surface area contributed by atoms with Crippen LogP contribution in [0, 0.1) is 17.0 Å². The number of hydrogen-bond acceptors (Lipinski definition) is 1. The molecule has 0 aliphatic heterocycles. The molecule has 3 heteroatoms. The number of rotatable bonds is 3. The van der Waals surface area contributed by atoms with Crippen molar-refractivity contribution in [1.82, 2.24) is 0 Å². The Kier molecular flexibility index (Phi) is 2.51. The van der Waals surface area contributed by atoms with Gasteiger partial charge in [-0.3, -0.25) is 0 Å². The van der Waals surface area contributed by atoms with Gasteiger partial charge in [0.05, 0.1) is 0 Å². The Hall–Kier alpha value is -0.960. The lowest BCUT2D eigenvalue weighted by atomic mass is 9.93. The van der Waals surface area contributed by atoms with Gasteiger partial charge < -0.3 is 5.73 Å². The van der Waals surface area contributed by atoms with Gasteiger partial charge in [0.15, 0.2) is 0 Å². The van der Waals surface area contributed by atoms with Crippen LogP contribution in [0.4, 0.5) is 8.78 Å². The van der Waals surface area contributed by atoms with E-state index in [1.54, 1.807) is 0 Å². The second kappa shape index (κ2) is 3.56. The van der Waals surface area contributed by atoms with Crippen LogP contribution in [0.1, 0.15) is 25.3 Å². The maximum absolute atomic E-state index is 12.9. The summed E-state index contributed by atoms with van der Waals surface area (Å²) in [5, 5.41) is 0. The highest BCUT2D eigenvalue weighted by molar-refractivity contribution is 5.20. The van der Waals surface area contributed by atoms with Crippen LogP contribution in [0.5, 0.6) is 0 Å². The fourth-order valence-corrected chi connectivity index (χ4v) is 1.80. The fourth-order valence-electron chi connectivity index (χ4n) is 1.80. The molecule has 1 fully saturated rings. The highest BCUT2D eigenvalue weighted by Gasteiger charge is 2.42. The predicted octanol–water partition coefficient (Wildman–Crippen LogP) is 2.63. The van der Waals surface area contributed by atoms with E-state index in [-0.39, 0.29) is 11.5 Å². The van der Waals surface area contributed by atoms with Crippen molar-refractivity contribution in [2.45, 2.75) is 32.2 Å². The van der Waals surface area contributed by atoms with Gasteiger partial charge in [-0.1, -0.05) is 6.92 Å². The molecule has 0 radical (unpaired) electrons. The van der Waals surface area contributed by atoms with Gasteiger partial charge >= 0.3 is 0 Å². The second-order valence-electron chi connectivity index (χ2n) is 4.74. The van der Waals surface area contributed by atoms with Crippen LogP contribution in [-0.2, 0) is 6.42 Å². The zero-order valence-electron chi connectivity index (χ0n) is 8.76. The highest BCUT2D eigenvalue weighted by atomic mass is 19.1. The van der Waals surface area contributed by atoms with Crippen molar-refractivity contribution in [3.63, 3.8) is 0 Å². The van der Waals surface area contributed by atoms with E-state index in [4.69, 9.17) is 5.73 Å². The van der Waals surface area contributed by atoms with Crippen molar-refractivity contribution in [1.29, 1.82) is 0 Å². The number of benzene rings is 1. The average molecular weight is 211 g/mol. The number of nitrogens with two attached hydrogens (primary N) is 1. The van der Waals surface area contributed by atoms with Gasteiger partial charge in [-0.2, -0.15) is 0 Å². The lowest BCUT2D eigenvalue weighted by molar-refractivity contribution is 0.431. The molecule has 1 atom stereocenters. The van der Waals surface area contributed by atoms with Gasteiger partial charge in [-0.05, 0) is 42.4 Å². The van der Waals surface area contributed by atoms with E-state index in [1.807, 2.05) is 0 Å². The van der Waals surface area contributed by atoms with Gasteiger partial charge in [0.25, 0.3) is 0 Å².